The molecule has 1 aliphatic heterocycles. The zero-order valence-electron chi connectivity index (χ0n) is 8.91. The number of carboxylic acid groups (broad SMARTS) is 1. The maximum Gasteiger partial charge on any atom is 0.407 e. The summed E-state index contributed by atoms with van der Waals surface area (Å²) in [6.07, 6.45) is -0.383. The molecule has 0 saturated carbocycles. The normalized spacial score (nSPS) is 24.7. The van der Waals surface area contributed by atoms with Crippen LogP contribution in [0.25, 0.3) is 0 Å². The first-order chi connectivity index (χ1) is 7.68. The van der Waals surface area contributed by atoms with Crippen molar-refractivity contribution in [1.29, 1.82) is 0 Å². The Morgan fingerprint density at radius 2 is 2.06 bits per heavy atom. The van der Waals surface area contributed by atoms with Crippen LogP contribution in [0.4, 0.5) is 4.79 Å². The van der Waals surface area contributed by atoms with E-state index >= 15 is 0 Å². The van der Waals surface area contributed by atoms with E-state index in [9.17, 15) is 9.90 Å². The Morgan fingerprint density at radius 3 is 2.69 bits per heavy atom. The highest BCUT2D eigenvalue weighted by Gasteiger charge is 2.35. The summed E-state index contributed by atoms with van der Waals surface area (Å²) in [5, 5.41) is 18.8. The Morgan fingerprint density at radius 1 is 1.38 bits per heavy atom. The Labute approximate surface area is 94.1 Å². The van der Waals surface area contributed by atoms with Crippen molar-refractivity contribution in [3.05, 3.63) is 35.9 Å². The van der Waals surface area contributed by atoms with Crippen molar-refractivity contribution in [2.45, 2.75) is 25.0 Å². The Kier molecular flexibility index (Phi) is 3.10. The molecule has 86 valence electrons. The molecule has 2 N–H and O–H groups in total. The first-order valence-electron chi connectivity index (χ1n) is 5.40. The van der Waals surface area contributed by atoms with E-state index in [0.717, 1.165) is 5.56 Å². The number of carbonyl (C=O) groups is 1. The smallest absolute Gasteiger partial charge is 0.407 e. The lowest BCUT2D eigenvalue weighted by Gasteiger charge is -2.23. The monoisotopic (exact) mass is 221 g/mol. The number of hydrogen-bond acceptors (Lipinski definition) is 2. The fourth-order valence-electron chi connectivity index (χ4n) is 2.18. The van der Waals surface area contributed by atoms with Gasteiger partial charge in [0, 0.05) is 6.54 Å². The van der Waals surface area contributed by atoms with Crippen LogP contribution in [0.5, 0.6) is 0 Å². The molecule has 1 aromatic carbocycles. The van der Waals surface area contributed by atoms with Gasteiger partial charge in [-0.25, -0.2) is 4.79 Å². The number of aliphatic hydroxyl groups excluding tert-OH is 1. The summed E-state index contributed by atoms with van der Waals surface area (Å²) in [5.74, 6) is 0. The SMILES string of the molecule is O=C(O)N1CC[C@@H](O)C1Cc1ccccc1. The molecule has 4 heteroatoms. The van der Waals surface area contributed by atoms with Gasteiger partial charge in [-0.15, -0.1) is 0 Å². The third kappa shape index (κ3) is 2.17. The van der Waals surface area contributed by atoms with Crippen LogP contribution >= 0.6 is 0 Å². The molecule has 1 heterocycles. The minimum Gasteiger partial charge on any atom is -0.465 e. The zero-order chi connectivity index (χ0) is 11.5. The molecule has 0 aliphatic carbocycles. The third-order valence-corrected chi connectivity index (χ3v) is 3.04. The second-order valence-corrected chi connectivity index (χ2v) is 4.09. The molecule has 16 heavy (non-hydrogen) atoms. The average molecular weight is 221 g/mol. The van der Waals surface area contributed by atoms with Gasteiger partial charge in [0.2, 0.25) is 0 Å². The lowest BCUT2D eigenvalue weighted by Crippen LogP contribution is -2.40. The lowest BCUT2D eigenvalue weighted by molar-refractivity contribution is 0.100. The molecule has 1 aromatic rings. The third-order valence-electron chi connectivity index (χ3n) is 3.04. The van der Waals surface area contributed by atoms with Crippen molar-refractivity contribution in [3.63, 3.8) is 0 Å². The van der Waals surface area contributed by atoms with Crippen molar-refractivity contribution < 1.29 is 15.0 Å². The van der Waals surface area contributed by atoms with Crippen LogP contribution < -0.4 is 0 Å². The number of nitrogens with zero attached hydrogens (tertiary/aromatic N) is 1. The zero-order valence-corrected chi connectivity index (χ0v) is 8.91. The summed E-state index contributed by atoms with van der Waals surface area (Å²) in [6.45, 7) is 0.425. The van der Waals surface area contributed by atoms with E-state index in [1.54, 1.807) is 0 Å². The lowest BCUT2D eigenvalue weighted by atomic mass is 10.0. The summed E-state index contributed by atoms with van der Waals surface area (Å²) in [7, 11) is 0. The predicted molar refractivity (Wildman–Crippen MR) is 59.3 cm³/mol. The molecule has 1 fully saturated rings. The van der Waals surface area contributed by atoms with Crippen molar-refractivity contribution in [2.24, 2.45) is 0 Å². The largest absolute Gasteiger partial charge is 0.465 e. The first kappa shape index (κ1) is 11.0. The van der Waals surface area contributed by atoms with Crippen LogP contribution in [0.1, 0.15) is 12.0 Å². The van der Waals surface area contributed by atoms with Crippen molar-refractivity contribution in [3.8, 4) is 0 Å². The molecule has 0 radical (unpaired) electrons. The van der Waals surface area contributed by atoms with Crippen LogP contribution in [-0.2, 0) is 6.42 Å². The van der Waals surface area contributed by atoms with Crippen molar-refractivity contribution >= 4 is 6.09 Å². The van der Waals surface area contributed by atoms with Gasteiger partial charge in [-0.05, 0) is 18.4 Å². The topological polar surface area (TPSA) is 60.8 Å². The predicted octanol–water partition coefficient (Wildman–Crippen LogP) is 1.34. The molecule has 2 rings (SSSR count). The molecule has 1 amide bonds. The van der Waals surface area contributed by atoms with Crippen LogP contribution in [0.3, 0.4) is 0 Å². The Hall–Kier alpha value is -1.55. The van der Waals surface area contributed by atoms with E-state index in [1.807, 2.05) is 30.3 Å². The minimum absolute atomic E-state index is 0.306. The molecule has 0 bridgehead atoms. The second kappa shape index (κ2) is 4.53. The standard InChI is InChI=1S/C12H15NO3/c14-11-6-7-13(12(15)16)10(11)8-9-4-2-1-3-5-9/h1-5,10-11,14H,6-8H2,(H,15,16)/t10?,11-/m1/s1. The molecule has 0 spiro atoms. The van der Waals surface area contributed by atoms with E-state index in [4.69, 9.17) is 5.11 Å². The van der Waals surface area contributed by atoms with Gasteiger partial charge in [0.1, 0.15) is 0 Å². The van der Waals surface area contributed by atoms with E-state index in [0.29, 0.717) is 19.4 Å². The minimum atomic E-state index is -0.947. The maximum atomic E-state index is 11.0. The molecule has 1 saturated heterocycles. The molecular formula is C12H15NO3. The number of aliphatic hydroxyl groups is 1. The summed E-state index contributed by atoms with van der Waals surface area (Å²) < 4.78 is 0. The second-order valence-electron chi connectivity index (χ2n) is 4.09. The number of likely N-dealkylation sites (tertiary alicyclic amines) is 1. The molecule has 1 unspecified atom stereocenters. The van der Waals surface area contributed by atoms with Crippen LogP contribution in [0.15, 0.2) is 30.3 Å². The number of benzene rings is 1. The average Bonchev–Trinajstić information content (AvgIpc) is 2.62. The first-order valence-corrected chi connectivity index (χ1v) is 5.40. The fraction of sp³-hybridized carbons (Fsp3) is 0.417. The fourth-order valence-corrected chi connectivity index (χ4v) is 2.18. The number of hydrogen-bond donors (Lipinski definition) is 2. The van der Waals surface area contributed by atoms with Gasteiger partial charge in [0.05, 0.1) is 12.1 Å². The van der Waals surface area contributed by atoms with Crippen molar-refractivity contribution in [1.82, 2.24) is 4.90 Å². The van der Waals surface area contributed by atoms with Gasteiger partial charge in [-0.3, -0.25) is 0 Å². The Bertz CT molecular complexity index is 366. The van der Waals surface area contributed by atoms with Gasteiger partial charge in [0.15, 0.2) is 0 Å². The van der Waals surface area contributed by atoms with Gasteiger partial charge in [-0.1, -0.05) is 30.3 Å². The van der Waals surface area contributed by atoms with Crippen LogP contribution in [0, 0.1) is 0 Å². The maximum absolute atomic E-state index is 11.0. The quantitative estimate of drug-likeness (QED) is 0.792. The molecule has 4 nitrogen and oxygen atoms in total. The van der Waals surface area contributed by atoms with E-state index in [1.165, 1.54) is 4.90 Å². The molecule has 0 aromatic heterocycles. The van der Waals surface area contributed by atoms with Crippen molar-refractivity contribution in [2.75, 3.05) is 6.54 Å². The summed E-state index contributed by atoms with van der Waals surface area (Å²) in [6, 6.07) is 9.35. The van der Waals surface area contributed by atoms with E-state index in [-0.39, 0.29) is 6.04 Å². The van der Waals surface area contributed by atoms with Crippen LogP contribution in [-0.4, -0.2) is 39.9 Å². The van der Waals surface area contributed by atoms with Gasteiger partial charge in [0.25, 0.3) is 0 Å². The highest BCUT2D eigenvalue weighted by molar-refractivity contribution is 5.66. The van der Waals surface area contributed by atoms with Crippen LogP contribution in [0.2, 0.25) is 0 Å². The number of rotatable bonds is 2. The van der Waals surface area contributed by atoms with E-state index in [2.05, 4.69) is 0 Å². The highest BCUT2D eigenvalue weighted by atomic mass is 16.4. The van der Waals surface area contributed by atoms with Gasteiger partial charge >= 0.3 is 6.09 Å². The summed E-state index contributed by atoms with van der Waals surface area (Å²) in [4.78, 5) is 12.3. The molecular weight excluding hydrogens is 206 g/mol. The Balaban J connectivity index is 2.10. The molecule has 2 atom stereocenters. The summed E-state index contributed by atoms with van der Waals surface area (Å²) >= 11 is 0. The highest BCUT2D eigenvalue weighted by Crippen LogP contribution is 2.21. The molecule has 1 aliphatic rings. The van der Waals surface area contributed by atoms with Gasteiger partial charge < -0.3 is 15.1 Å². The summed E-state index contributed by atoms with van der Waals surface area (Å²) in [5.41, 5.74) is 1.06. The van der Waals surface area contributed by atoms with Gasteiger partial charge in [-0.2, -0.15) is 0 Å². The van der Waals surface area contributed by atoms with E-state index < -0.39 is 12.2 Å². The number of amides is 1.